The highest BCUT2D eigenvalue weighted by Crippen LogP contribution is 2.39. The standard InChI is InChI=1S/C29H33F4N7O3.CH2O2/c1-15-12-40(13-16(2)38(15)4)22-8-21(30)24(18-9-35-29(36-10-18)39-5-6-43-17(3)14-39)25(31)26(22)37-28(42)20-11-34-23(41)7-19(20)27(32)33;2-1-3/h7-11,15-17,27H,5-6,12-14H2,1-4H3,(H,34,41)(H,37,42);1H,(H,2,3)/t15-,16+,17-;/m0./s1. The van der Waals surface area contributed by atoms with Gasteiger partial charge in [-0.15, -0.1) is 0 Å². The Bertz CT molecular complexity index is 1600. The van der Waals surface area contributed by atoms with Gasteiger partial charge in [0.25, 0.3) is 18.8 Å². The number of likely N-dealkylation sites (N-methyl/N-ethyl adjacent to an activating group) is 1. The first-order valence-electron chi connectivity index (χ1n) is 14.4. The largest absolute Gasteiger partial charge is 0.483 e. The summed E-state index contributed by atoms with van der Waals surface area (Å²) < 4.78 is 65.2. The third kappa shape index (κ3) is 7.45. The van der Waals surface area contributed by atoms with Crippen molar-refractivity contribution in [1.29, 1.82) is 0 Å². The third-order valence-corrected chi connectivity index (χ3v) is 8.02. The molecule has 3 N–H and O–H groups in total. The van der Waals surface area contributed by atoms with Crippen LogP contribution in [0.3, 0.4) is 0 Å². The Labute approximate surface area is 262 Å². The van der Waals surface area contributed by atoms with E-state index in [9.17, 15) is 18.4 Å². The number of piperazine rings is 1. The molecule has 1 amide bonds. The van der Waals surface area contributed by atoms with Crippen molar-refractivity contribution in [2.24, 2.45) is 0 Å². The van der Waals surface area contributed by atoms with Crippen molar-refractivity contribution in [2.45, 2.75) is 45.4 Å². The van der Waals surface area contributed by atoms with Gasteiger partial charge in [0.15, 0.2) is 5.82 Å². The Morgan fingerprint density at radius 3 is 2.33 bits per heavy atom. The number of carboxylic acid groups (broad SMARTS) is 1. The fourth-order valence-corrected chi connectivity index (χ4v) is 5.50. The third-order valence-electron chi connectivity index (χ3n) is 8.02. The summed E-state index contributed by atoms with van der Waals surface area (Å²) in [6, 6.07) is 1.75. The molecular formula is C30H35F4N7O5. The molecule has 5 rings (SSSR count). The van der Waals surface area contributed by atoms with Crippen molar-refractivity contribution < 1.29 is 37.0 Å². The highest BCUT2D eigenvalue weighted by Gasteiger charge is 2.32. The number of nitrogens with one attached hydrogen (secondary N) is 2. The van der Waals surface area contributed by atoms with Crippen molar-refractivity contribution in [3.63, 3.8) is 0 Å². The van der Waals surface area contributed by atoms with Crippen molar-refractivity contribution in [3.05, 3.63) is 63.8 Å². The summed E-state index contributed by atoms with van der Waals surface area (Å²) in [7, 11) is 1.95. The summed E-state index contributed by atoms with van der Waals surface area (Å²) >= 11 is 0. The van der Waals surface area contributed by atoms with E-state index in [1.807, 2.05) is 32.7 Å². The van der Waals surface area contributed by atoms with E-state index in [4.69, 9.17) is 14.6 Å². The molecule has 2 fully saturated rings. The van der Waals surface area contributed by atoms with Gasteiger partial charge >= 0.3 is 0 Å². The lowest BCUT2D eigenvalue weighted by Gasteiger charge is -2.44. The number of aromatic nitrogens is 3. The number of rotatable bonds is 6. The van der Waals surface area contributed by atoms with Crippen LogP contribution in [0.25, 0.3) is 11.1 Å². The number of benzene rings is 1. The zero-order chi connectivity index (χ0) is 33.7. The first kappa shape index (κ1) is 34.3. The molecule has 248 valence electrons. The summed E-state index contributed by atoms with van der Waals surface area (Å²) in [5.74, 6) is -2.73. The number of hydrogen-bond donors (Lipinski definition) is 3. The van der Waals surface area contributed by atoms with Gasteiger partial charge < -0.3 is 29.9 Å². The molecule has 4 heterocycles. The Kier molecular flexibility index (Phi) is 11.0. The van der Waals surface area contributed by atoms with Crippen LogP contribution in [0.1, 0.15) is 43.1 Å². The maximum absolute atomic E-state index is 16.4. The zero-order valence-corrected chi connectivity index (χ0v) is 25.6. The second kappa shape index (κ2) is 14.7. The molecule has 3 atom stereocenters. The molecule has 0 bridgehead atoms. The maximum atomic E-state index is 16.4. The fourth-order valence-electron chi connectivity index (χ4n) is 5.50. The van der Waals surface area contributed by atoms with Crippen LogP contribution in [0.4, 0.5) is 34.9 Å². The Morgan fingerprint density at radius 1 is 1.11 bits per heavy atom. The van der Waals surface area contributed by atoms with Gasteiger partial charge in [-0.1, -0.05) is 0 Å². The second-order valence-corrected chi connectivity index (χ2v) is 11.1. The number of amides is 1. The van der Waals surface area contributed by atoms with Crippen molar-refractivity contribution in [3.8, 4) is 11.1 Å². The van der Waals surface area contributed by atoms with Crippen molar-refractivity contribution in [1.82, 2.24) is 19.9 Å². The molecule has 0 radical (unpaired) electrons. The molecule has 46 heavy (non-hydrogen) atoms. The normalized spacial score (nSPS) is 20.2. The van der Waals surface area contributed by atoms with Crippen LogP contribution in [0.2, 0.25) is 0 Å². The molecule has 0 aliphatic carbocycles. The number of anilines is 3. The molecule has 0 spiro atoms. The number of H-pyrrole nitrogens is 1. The van der Waals surface area contributed by atoms with Crippen LogP contribution in [0.15, 0.2) is 35.5 Å². The number of alkyl halides is 2. The van der Waals surface area contributed by atoms with Crippen LogP contribution < -0.4 is 20.7 Å². The average molecular weight is 650 g/mol. The summed E-state index contributed by atoms with van der Waals surface area (Å²) in [4.78, 5) is 49.9. The summed E-state index contributed by atoms with van der Waals surface area (Å²) in [6.45, 7) is 7.98. The van der Waals surface area contributed by atoms with Crippen LogP contribution in [-0.4, -0.2) is 95.4 Å². The fraction of sp³-hybridized carbons (Fsp3) is 0.433. The van der Waals surface area contributed by atoms with E-state index >= 15 is 8.78 Å². The molecule has 0 unspecified atom stereocenters. The first-order valence-corrected chi connectivity index (χ1v) is 14.4. The molecule has 12 nitrogen and oxygen atoms in total. The minimum Gasteiger partial charge on any atom is -0.483 e. The number of halogens is 4. The van der Waals surface area contributed by atoms with Gasteiger partial charge in [0.2, 0.25) is 11.5 Å². The van der Waals surface area contributed by atoms with Gasteiger partial charge in [-0.3, -0.25) is 19.3 Å². The summed E-state index contributed by atoms with van der Waals surface area (Å²) in [5.41, 5.74) is -2.96. The number of ether oxygens (including phenoxy) is 1. The summed E-state index contributed by atoms with van der Waals surface area (Å²) in [6.07, 6.45) is 0.275. The van der Waals surface area contributed by atoms with E-state index in [1.54, 1.807) is 4.90 Å². The lowest BCUT2D eigenvalue weighted by molar-refractivity contribution is -0.122. The molecule has 2 aromatic heterocycles. The average Bonchev–Trinajstić information content (AvgIpc) is 3.01. The number of nitrogens with zero attached hydrogens (tertiary/aromatic N) is 5. The number of aromatic amines is 1. The lowest BCUT2D eigenvalue weighted by Crippen LogP contribution is -2.55. The van der Waals surface area contributed by atoms with E-state index < -0.39 is 46.2 Å². The predicted octanol–water partition coefficient (Wildman–Crippen LogP) is 3.75. The Balaban J connectivity index is 0.00000154. The van der Waals surface area contributed by atoms with Gasteiger partial charge in [0.1, 0.15) is 11.5 Å². The Hall–Kier alpha value is -4.57. The maximum Gasteiger partial charge on any atom is 0.290 e. The van der Waals surface area contributed by atoms with Crippen LogP contribution >= 0.6 is 0 Å². The van der Waals surface area contributed by atoms with Gasteiger partial charge in [0, 0.05) is 80.1 Å². The summed E-state index contributed by atoms with van der Waals surface area (Å²) in [5, 5.41) is 9.29. The van der Waals surface area contributed by atoms with E-state index in [2.05, 4.69) is 25.2 Å². The van der Waals surface area contributed by atoms with Crippen LogP contribution in [0, 0.1) is 11.6 Å². The molecule has 2 saturated heterocycles. The van der Waals surface area contributed by atoms with Gasteiger partial charge in [-0.05, 0) is 27.8 Å². The van der Waals surface area contributed by atoms with Gasteiger partial charge in [-0.2, -0.15) is 0 Å². The smallest absolute Gasteiger partial charge is 0.290 e. The van der Waals surface area contributed by atoms with Gasteiger partial charge in [0.05, 0.1) is 29.5 Å². The topological polar surface area (TPSA) is 144 Å². The molecule has 2 aliphatic rings. The molecule has 2 aliphatic heterocycles. The SMILES string of the molecule is C[C@@H]1CN(c2cc(F)c(-c3cnc(N4CCO[C@@H](C)C4)nc3)c(F)c2NC(=O)c2c[nH]c(=O)cc2C(F)F)C[C@H](C)N1C.O=CO. The predicted molar refractivity (Wildman–Crippen MR) is 163 cm³/mol. The first-order chi connectivity index (χ1) is 21.9. The van der Waals surface area contributed by atoms with Crippen LogP contribution in [-0.2, 0) is 9.53 Å². The molecule has 3 aromatic rings. The molecule has 0 saturated carbocycles. The monoisotopic (exact) mass is 649 g/mol. The molecule has 1 aromatic carbocycles. The highest BCUT2D eigenvalue weighted by atomic mass is 19.3. The quantitative estimate of drug-likeness (QED) is 0.267. The van der Waals surface area contributed by atoms with Crippen molar-refractivity contribution in [2.75, 3.05) is 55.0 Å². The Morgan fingerprint density at radius 2 is 1.74 bits per heavy atom. The minimum absolute atomic E-state index is 0.00610. The number of pyridine rings is 1. The van der Waals surface area contributed by atoms with E-state index in [0.29, 0.717) is 44.8 Å². The number of carbonyl (C=O) groups excluding carboxylic acids is 1. The number of carbonyl (C=O) groups is 2. The molecule has 16 heteroatoms. The molecular weight excluding hydrogens is 614 g/mol. The zero-order valence-electron chi connectivity index (χ0n) is 25.6. The van der Waals surface area contributed by atoms with Crippen molar-refractivity contribution >= 4 is 29.7 Å². The second-order valence-electron chi connectivity index (χ2n) is 11.1. The number of morpholine rings is 1. The minimum atomic E-state index is -3.14. The highest BCUT2D eigenvalue weighted by molar-refractivity contribution is 6.07. The van der Waals surface area contributed by atoms with E-state index in [-0.39, 0.29) is 41.6 Å². The van der Waals surface area contributed by atoms with Crippen LogP contribution in [0.5, 0.6) is 0 Å². The lowest BCUT2D eigenvalue weighted by atomic mass is 10.0. The number of hydrogen-bond acceptors (Lipinski definition) is 9. The van der Waals surface area contributed by atoms with E-state index in [1.165, 1.54) is 12.4 Å². The van der Waals surface area contributed by atoms with Gasteiger partial charge in [-0.25, -0.2) is 27.5 Å². The van der Waals surface area contributed by atoms with E-state index in [0.717, 1.165) is 12.3 Å².